The zero-order valence-electron chi connectivity index (χ0n) is 10.3. The van der Waals surface area contributed by atoms with Crippen LogP contribution in [0.4, 0.5) is 0 Å². The lowest BCUT2D eigenvalue weighted by molar-refractivity contribution is -0.138. The molecule has 1 aliphatic heterocycles. The molecule has 0 aliphatic carbocycles. The van der Waals surface area contributed by atoms with Crippen molar-refractivity contribution in [3.8, 4) is 0 Å². The van der Waals surface area contributed by atoms with Crippen molar-refractivity contribution in [3.05, 3.63) is 0 Å². The third-order valence-corrected chi connectivity index (χ3v) is 3.06. The Hall–Kier alpha value is -0.610. The van der Waals surface area contributed by atoms with Gasteiger partial charge in [0.15, 0.2) is 0 Å². The second-order valence-electron chi connectivity index (χ2n) is 4.98. The highest BCUT2D eigenvalue weighted by Gasteiger charge is 2.17. The van der Waals surface area contributed by atoms with Crippen LogP contribution in [-0.4, -0.2) is 49.3 Å². The number of carbonyl (C=O) groups is 1. The molecule has 0 aromatic rings. The fourth-order valence-corrected chi connectivity index (χ4v) is 2.34. The fourth-order valence-electron chi connectivity index (χ4n) is 2.34. The Labute approximate surface area is 97.6 Å². The molecule has 0 spiro atoms. The number of nitrogens with zero attached hydrogens (tertiary/aromatic N) is 1. The maximum Gasteiger partial charge on any atom is 0.303 e. The van der Waals surface area contributed by atoms with Crippen LogP contribution in [-0.2, 0) is 9.53 Å². The van der Waals surface area contributed by atoms with Crippen molar-refractivity contribution in [3.63, 3.8) is 0 Å². The van der Waals surface area contributed by atoms with E-state index in [4.69, 9.17) is 9.84 Å². The van der Waals surface area contributed by atoms with Gasteiger partial charge in [-0.25, -0.2) is 0 Å². The number of aliphatic carboxylic acids is 1. The predicted molar refractivity (Wildman–Crippen MR) is 62.5 cm³/mol. The van der Waals surface area contributed by atoms with Gasteiger partial charge in [0.05, 0.1) is 0 Å². The highest BCUT2D eigenvalue weighted by atomic mass is 16.5. The van der Waals surface area contributed by atoms with Gasteiger partial charge in [0.1, 0.15) is 0 Å². The summed E-state index contributed by atoms with van der Waals surface area (Å²) in [6.07, 6.45) is 2.54. The Morgan fingerprint density at radius 1 is 1.50 bits per heavy atom. The molecule has 1 saturated heterocycles. The van der Waals surface area contributed by atoms with Crippen LogP contribution >= 0.6 is 0 Å². The summed E-state index contributed by atoms with van der Waals surface area (Å²) in [4.78, 5) is 12.8. The van der Waals surface area contributed by atoms with Crippen molar-refractivity contribution in [1.82, 2.24) is 4.90 Å². The van der Waals surface area contributed by atoms with Gasteiger partial charge >= 0.3 is 5.97 Å². The molecule has 0 aromatic carbocycles. The predicted octanol–water partition coefficient (Wildman–Crippen LogP) is 1.46. The third-order valence-electron chi connectivity index (χ3n) is 3.06. The molecule has 94 valence electrons. The van der Waals surface area contributed by atoms with E-state index in [-0.39, 0.29) is 12.3 Å². The van der Waals surface area contributed by atoms with E-state index in [0.717, 1.165) is 45.1 Å². The number of carboxylic acids is 1. The monoisotopic (exact) mass is 229 g/mol. The van der Waals surface area contributed by atoms with E-state index < -0.39 is 5.97 Å². The van der Waals surface area contributed by atoms with E-state index in [1.165, 1.54) is 0 Å². The van der Waals surface area contributed by atoms with E-state index >= 15 is 0 Å². The first kappa shape index (κ1) is 13.5. The molecule has 1 rings (SSSR count). The molecule has 0 aromatic heterocycles. The van der Waals surface area contributed by atoms with Gasteiger partial charge in [-0.15, -0.1) is 0 Å². The van der Waals surface area contributed by atoms with Crippen molar-refractivity contribution in [1.29, 1.82) is 0 Å². The van der Waals surface area contributed by atoms with Gasteiger partial charge in [-0.05, 0) is 31.7 Å². The van der Waals surface area contributed by atoms with E-state index in [2.05, 4.69) is 11.9 Å². The summed E-state index contributed by atoms with van der Waals surface area (Å²) in [5.41, 5.74) is 0. The molecule has 0 amide bonds. The lowest BCUT2D eigenvalue weighted by atomic mass is 9.99. The summed E-state index contributed by atoms with van der Waals surface area (Å²) in [7, 11) is 2.08. The van der Waals surface area contributed by atoms with Crippen LogP contribution in [0.5, 0.6) is 0 Å². The minimum Gasteiger partial charge on any atom is -0.481 e. The van der Waals surface area contributed by atoms with Crippen LogP contribution < -0.4 is 0 Å². The summed E-state index contributed by atoms with van der Waals surface area (Å²) >= 11 is 0. The quantitative estimate of drug-likeness (QED) is 0.749. The Kier molecular flexibility index (Phi) is 5.77. The average molecular weight is 229 g/mol. The number of carboxylic acid groups (broad SMARTS) is 1. The smallest absolute Gasteiger partial charge is 0.303 e. The highest BCUT2D eigenvalue weighted by Crippen LogP contribution is 2.16. The summed E-state index contributed by atoms with van der Waals surface area (Å²) in [6.45, 7) is 5.68. The Morgan fingerprint density at radius 2 is 2.12 bits per heavy atom. The maximum absolute atomic E-state index is 10.5. The maximum atomic E-state index is 10.5. The van der Waals surface area contributed by atoms with E-state index in [9.17, 15) is 4.79 Å². The largest absolute Gasteiger partial charge is 0.481 e. The summed E-state index contributed by atoms with van der Waals surface area (Å²) in [5.74, 6) is 0.241. The molecule has 0 bridgehead atoms. The van der Waals surface area contributed by atoms with Crippen LogP contribution in [0.1, 0.15) is 26.2 Å². The molecule has 1 aliphatic rings. The van der Waals surface area contributed by atoms with Crippen LogP contribution in [0.25, 0.3) is 0 Å². The van der Waals surface area contributed by atoms with Crippen LogP contribution in [0.2, 0.25) is 0 Å². The molecule has 1 unspecified atom stereocenters. The van der Waals surface area contributed by atoms with Gasteiger partial charge in [-0.3, -0.25) is 4.79 Å². The zero-order valence-corrected chi connectivity index (χ0v) is 10.3. The number of hydrogen-bond acceptors (Lipinski definition) is 3. The molecule has 0 saturated carbocycles. The second kappa shape index (κ2) is 6.86. The van der Waals surface area contributed by atoms with Crippen LogP contribution in [0, 0.1) is 11.8 Å². The van der Waals surface area contributed by atoms with Gasteiger partial charge in [0, 0.05) is 32.7 Å². The number of ether oxygens (including phenoxy) is 1. The minimum absolute atomic E-state index is 0.224. The molecular weight excluding hydrogens is 206 g/mol. The number of rotatable bonds is 6. The molecule has 1 fully saturated rings. The first-order valence-corrected chi connectivity index (χ1v) is 6.06. The van der Waals surface area contributed by atoms with Gasteiger partial charge in [0.2, 0.25) is 0 Å². The lowest BCUT2D eigenvalue weighted by Crippen LogP contribution is -2.33. The van der Waals surface area contributed by atoms with E-state index in [0.29, 0.717) is 0 Å². The Bertz CT molecular complexity index is 214. The van der Waals surface area contributed by atoms with Gasteiger partial charge in [0.25, 0.3) is 0 Å². The second-order valence-corrected chi connectivity index (χ2v) is 4.98. The summed E-state index contributed by atoms with van der Waals surface area (Å²) in [5, 5.41) is 8.68. The molecule has 1 N–H and O–H groups in total. The standard InChI is InChI=1S/C12H23NO3/c1-10(7-12(14)15)8-13(2)9-11-3-5-16-6-4-11/h10-11H,3-9H2,1-2H3,(H,14,15). The van der Waals surface area contributed by atoms with Crippen molar-refractivity contribution >= 4 is 5.97 Å². The normalized spacial score (nSPS) is 19.9. The average Bonchev–Trinajstić information content (AvgIpc) is 2.17. The molecule has 4 nitrogen and oxygen atoms in total. The third kappa shape index (κ3) is 5.47. The van der Waals surface area contributed by atoms with E-state index in [1.54, 1.807) is 0 Å². The van der Waals surface area contributed by atoms with Crippen molar-refractivity contribution < 1.29 is 14.6 Å². The summed E-state index contributed by atoms with van der Waals surface area (Å²) in [6, 6.07) is 0. The van der Waals surface area contributed by atoms with Crippen molar-refractivity contribution in [2.75, 3.05) is 33.4 Å². The molecule has 1 heterocycles. The summed E-state index contributed by atoms with van der Waals surface area (Å²) < 4.78 is 5.32. The Balaban J connectivity index is 2.18. The highest BCUT2D eigenvalue weighted by molar-refractivity contribution is 5.66. The fraction of sp³-hybridized carbons (Fsp3) is 0.917. The SMILES string of the molecule is CC(CC(=O)O)CN(C)CC1CCOCC1. The van der Waals surface area contributed by atoms with E-state index in [1.807, 2.05) is 6.92 Å². The van der Waals surface area contributed by atoms with Gasteiger partial charge < -0.3 is 14.7 Å². The molecule has 4 heteroatoms. The van der Waals surface area contributed by atoms with Crippen LogP contribution in [0.15, 0.2) is 0 Å². The van der Waals surface area contributed by atoms with Crippen molar-refractivity contribution in [2.45, 2.75) is 26.2 Å². The molecule has 0 radical (unpaired) electrons. The Morgan fingerprint density at radius 3 is 2.69 bits per heavy atom. The first-order chi connectivity index (χ1) is 7.58. The molecule has 1 atom stereocenters. The first-order valence-electron chi connectivity index (χ1n) is 6.06. The van der Waals surface area contributed by atoms with Gasteiger partial charge in [-0.2, -0.15) is 0 Å². The molecular formula is C12H23NO3. The van der Waals surface area contributed by atoms with Gasteiger partial charge in [-0.1, -0.05) is 6.92 Å². The minimum atomic E-state index is -0.702. The van der Waals surface area contributed by atoms with Crippen LogP contribution in [0.3, 0.4) is 0 Å². The zero-order chi connectivity index (χ0) is 12.0. The lowest BCUT2D eigenvalue weighted by Gasteiger charge is -2.28. The number of hydrogen-bond donors (Lipinski definition) is 1. The topological polar surface area (TPSA) is 49.8 Å². The van der Waals surface area contributed by atoms with Crippen molar-refractivity contribution in [2.24, 2.45) is 11.8 Å². The molecule has 16 heavy (non-hydrogen) atoms.